The van der Waals surface area contributed by atoms with Gasteiger partial charge in [-0.3, -0.25) is 9.59 Å². The molecule has 2 amide bonds. The summed E-state index contributed by atoms with van der Waals surface area (Å²) in [6, 6.07) is 0.615. The van der Waals surface area contributed by atoms with Gasteiger partial charge < -0.3 is 15.0 Å². The molecule has 5 nitrogen and oxygen atoms in total. The van der Waals surface area contributed by atoms with E-state index in [2.05, 4.69) is 5.32 Å². The molecule has 0 bridgehead atoms. The highest BCUT2D eigenvalue weighted by atomic mass is 19.3. The van der Waals surface area contributed by atoms with Crippen LogP contribution < -0.4 is 5.32 Å². The van der Waals surface area contributed by atoms with Gasteiger partial charge in [0.1, 0.15) is 18.1 Å². The SMILES string of the molecule is CNC(=O)C(CCC=O)N1Cc2c(cc(F)cc2C(F)F)C1=O. The topological polar surface area (TPSA) is 66.5 Å². The maximum Gasteiger partial charge on any atom is 0.264 e. The van der Waals surface area contributed by atoms with E-state index in [4.69, 9.17) is 0 Å². The minimum atomic E-state index is -2.93. The van der Waals surface area contributed by atoms with Crippen molar-refractivity contribution in [3.05, 3.63) is 34.6 Å². The van der Waals surface area contributed by atoms with Crippen molar-refractivity contribution in [1.82, 2.24) is 10.2 Å². The van der Waals surface area contributed by atoms with Crippen molar-refractivity contribution in [1.29, 1.82) is 0 Å². The Kier molecular flexibility index (Phi) is 5.02. The normalized spacial score (nSPS) is 14.8. The predicted molar refractivity (Wildman–Crippen MR) is 74.4 cm³/mol. The maximum atomic E-state index is 13.5. The second-order valence-corrected chi connectivity index (χ2v) is 5.13. The smallest absolute Gasteiger partial charge is 0.264 e. The fourth-order valence-electron chi connectivity index (χ4n) is 2.69. The summed E-state index contributed by atoms with van der Waals surface area (Å²) in [6.07, 6.45) is -2.22. The molecular weight excluding hydrogens is 313 g/mol. The largest absolute Gasteiger partial charge is 0.357 e. The first kappa shape index (κ1) is 17.0. The third kappa shape index (κ3) is 3.20. The zero-order valence-electron chi connectivity index (χ0n) is 12.3. The average Bonchev–Trinajstić information content (AvgIpc) is 2.83. The number of nitrogens with zero attached hydrogens (tertiary/aromatic N) is 1. The molecule has 0 aliphatic carbocycles. The van der Waals surface area contributed by atoms with Crippen LogP contribution in [-0.2, 0) is 16.1 Å². The monoisotopic (exact) mass is 328 g/mol. The third-order valence-corrected chi connectivity index (χ3v) is 3.79. The number of halogens is 3. The van der Waals surface area contributed by atoms with Crippen LogP contribution in [-0.4, -0.2) is 36.1 Å². The minimum Gasteiger partial charge on any atom is -0.357 e. The highest BCUT2D eigenvalue weighted by Gasteiger charge is 2.38. The van der Waals surface area contributed by atoms with Gasteiger partial charge in [0.05, 0.1) is 0 Å². The Bertz CT molecular complexity index is 649. The maximum absolute atomic E-state index is 13.5. The van der Waals surface area contributed by atoms with E-state index in [1.807, 2.05) is 0 Å². The predicted octanol–water partition coefficient (Wildman–Crippen LogP) is 1.81. The van der Waals surface area contributed by atoms with Crippen molar-refractivity contribution in [2.45, 2.75) is 31.9 Å². The van der Waals surface area contributed by atoms with E-state index >= 15 is 0 Å². The zero-order chi connectivity index (χ0) is 17.1. The number of alkyl halides is 2. The quantitative estimate of drug-likeness (QED) is 0.810. The highest BCUT2D eigenvalue weighted by molar-refractivity contribution is 6.01. The highest BCUT2D eigenvalue weighted by Crippen LogP contribution is 2.34. The van der Waals surface area contributed by atoms with Crippen LogP contribution in [0.4, 0.5) is 13.2 Å². The standard InChI is InChI=1S/C15H15F3N2O3/c1-19-14(22)12(3-2-4-21)20-7-11-9(13(17)18)5-8(16)6-10(11)15(20)23/h4-6,12-13H,2-3,7H2,1H3,(H,19,22). The summed E-state index contributed by atoms with van der Waals surface area (Å²) in [5.41, 5.74) is -0.700. The van der Waals surface area contributed by atoms with E-state index in [1.54, 1.807) is 0 Å². The van der Waals surface area contributed by atoms with Crippen LogP contribution in [0.5, 0.6) is 0 Å². The molecule has 0 saturated carbocycles. The molecule has 1 N–H and O–H groups in total. The van der Waals surface area contributed by atoms with Gasteiger partial charge in [-0.1, -0.05) is 0 Å². The summed E-state index contributed by atoms with van der Waals surface area (Å²) in [5.74, 6) is -2.13. The zero-order valence-corrected chi connectivity index (χ0v) is 12.3. The molecule has 0 spiro atoms. The van der Waals surface area contributed by atoms with E-state index in [1.165, 1.54) is 7.05 Å². The molecule has 1 aromatic carbocycles. The lowest BCUT2D eigenvalue weighted by Gasteiger charge is -2.25. The Labute approximate surface area is 130 Å². The van der Waals surface area contributed by atoms with Gasteiger partial charge in [-0.05, 0) is 24.1 Å². The number of nitrogens with one attached hydrogen (secondary N) is 1. The number of fused-ring (bicyclic) bond motifs is 1. The van der Waals surface area contributed by atoms with Crippen LogP contribution in [0.3, 0.4) is 0 Å². The lowest BCUT2D eigenvalue weighted by Crippen LogP contribution is -2.46. The third-order valence-electron chi connectivity index (χ3n) is 3.79. The average molecular weight is 328 g/mol. The van der Waals surface area contributed by atoms with Gasteiger partial charge in [0.2, 0.25) is 5.91 Å². The van der Waals surface area contributed by atoms with E-state index in [0.29, 0.717) is 12.4 Å². The number of carbonyl (C=O) groups excluding carboxylic acids is 3. The summed E-state index contributed by atoms with van der Waals surface area (Å²) in [5, 5.41) is 2.38. The van der Waals surface area contributed by atoms with Crippen LogP contribution in [0, 0.1) is 5.82 Å². The van der Waals surface area contributed by atoms with E-state index in [0.717, 1.165) is 11.0 Å². The Balaban J connectivity index is 2.40. The fraction of sp³-hybridized carbons (Fsp3) is 0.400. The van der Waals surface area contributed by atoms with Crippen molar-refractivity contribution < 1.29 is 27.6 Å². The first-order valence-electron chi connectivity index (χ1n) is 6.97. The van der Waals surface area contributed by atoms with Crippen molar-refractivity contribution in [3.63, 3.8) is 0 Å². The van der Waals surface area contributed by atoms with Gasteiger partial charge in [0.15, 0.2) is 0 Å². The van der Waals surface area contributed by atoms with Crippen LogP contribution >= 0.6 is 0 Å². The van der Waals surface area contributed by atoms with E-state index in [-0.39, 0.29) is 30.5 Å². The summed E-state index contributed by atoms with van der Waals surface area (Å²) >= 11 is 0. The first-order chi connectivity index (χ1) is 10.9. The molecule has 1 aliphatic heterocycles. The molecule has 2 rings (SSSR count). The van der Waals surface area contributed by atoms with Crippen LogP contribution in [0.15, 0.2) is 12.1 Å². The van der Waals surface area contributed by atoms with Crippen molar-refractivity contribution in [3.8, 4) is 0 Å². The van der Waals surface area contributed by atoms with Crippen molar-refractivity contribution in [2.24, 2.45) is 0 Å². The molecule has 1 unspecified atom stereocenters. The molecule has 0 saturated heterocycles. The molecule has 0 fully saturated rings. The second-order valence-electron chi connectivity index (χ2n) is 5.13. The number of hydrogen-bond acceptors (Lipinski definition) is 3. The van der Waals surface area contributed by atoms with Gasteiger partial charge in [0, 0.05) is 31.1 Å². The fourth-order valence-corrected chi connectivity index (χ4v) is 2.69. The summed E-state index contributed by atoms with van der Waals surface area (Å²) < 4.78 is 39.6. The van der Waals surface area contributed by atoms with E-state index < -0.39 is 35.7 Å². The number of likely N-dealkylation sites (N-methyl/N-ethyl adjacent to an activating group) is 1. The number of hydrogen-bond donors (Lipinski definition) is 1. The molecule has 8 heteroatoms. The molecular formula is C15H15F3N2O3. The minimum absolute atomic E-state index is 0.0198. The Morgan fingerprint density at radius 3 is 2.70 bits per heavy atom. The molecule has 0 radical (unpaired) electrons. The van der Waals surface area contributed by atoms with E-state index in [9.17, 15) is 27.6 Å². The summed E-state index contributed by atoms with van der Waals surface area (Å²) in [6.45, 7) is -0.217. The van der Waals surface area contributed by atoms with Crippen LogP contribution in [0.1, 0.15) is 40.8 Å². The number of amides is 2. The summed E-state index contributed by atoms with van der Waals surface area (Å²) in [4.78, 5) is 36.0. The lowest BCUT2D eigenvalue weighted by atomic mass is 10.0. The van der Waals surface area contributed by atoms with Gasteiger partial charge in [-0.2, -0.15) is 0 Å². The lowest BCUT2D eigenvalue weighted by molar-refractivity contribution is -0.125. The molecule has 1 aliphatic rings. The molecule has 1 aromatic rings. The van der Waals surface area contributed by atoms with Gasteiger partial charge in [-0.25, -0.2) is 13.2 Å². The van der Waals surface area contributed by atoms with Gasteiger partial charge in [0.25, 0.3) is 12.3 Å². The number of rotatable bonds is 6. The number of carbonyl (C=O) groups is 3. The second kappa shape index (κ2) is 6.80. The van der Waals surface area contributed by atoms with Crippen molar-refractivity contribution in [2.75, 3.05) is 7.05 Å². The van der Waals surface area contributed by atoms with Crippen molar-refractivity contribution >= 4 is 18.1 Å². The molecule has 0 aromatic heterocycles. The van der Waals surface area contributed by atoms with Gasteiger partial charge in [-0.15, -0.1) is 0 Å². The number of benzene rings is 1. The van der Waals surface area contributed by atoms with Gasteiger partial charge >= 0.3 is 0 Å². The summed E-state index contributed by atoms with van der Waals surface area (Å²) in [7, 11) is 1.37. The first-order valence-corrected chi connectivity index (χ1v) is 6.97. The Hall–Kier alpha value is -2.38. The number of aldehydes is 1. The van der Waals surface area contributed by atoms with Crippen LogP contribution in [0.25, 0.3) is 0 Å². The molecule has 1 atom stereocenters. The molecule has 23 heavy (non-hydrogen) atoms. The molecule has 124 valence electrons. The molecule has 1 heterocycles. The Morgan fingerprint density at radius 2 is 2.13 bits per heavy atom. The Morgan fingerprint density at radius 1 is 1.43 bits per heavy atom. The van der Waals surface area contributed by atoms with Crippen LogP contribution in [0.2, 0.25) is 0 Å².